The highest BCUT2D eigenvalue weighted by molar-refractivity contribution is 9.10. The molecule has 0 radical (unpaired) electrons. The summed E-state index contributed by atoms with van der Waals surface area (Å²) in [4.78, 5) is 14.1. The van der Waals surface area contributed by atoms with E-state index in [1.54, 1.807) is 7.05 Å². The van der Waals surface area contributed by atoms with E-state index in [0.29, 0.717) is 0 Å². The van der Waals surface area contributed by atoms with Crippen molar-refractivity contribution in [1.82, 2.24) is 20.0 Å². The SMILES string of the molecule is CCc1nn(C)c(CN2CCCC2C(=O)NC)c1Br. The molecule has 1 N–H and O–H groups in total. The number of nitrogens with one attached hydrogen (secondary N) is 1. The zero-order valence-corrected chi connectivity index (χ0v) is 13.3. The number of halogens is 1. The summed E-state index contributed by atoms with van der Waals surface area (Å²) in [5.74, 6) is 0.117. The molecular weight excluding hydrogens is 308 g/mol. The highest BCUT2D eigenvalue weighted by Gasteiger charge is 2.31. The molecule has 6 heteroatoms. The standard InChI is InChI=1S/C13H21BrN4O/c1-4-9-12(14)11(17(3)16-9)8-18-7-5-6-10(18)13(19)15-2/h10H,4-8H2,1-3H3,(H,15,19). The van der Waals surface area contributed by atoms with Crippen LogP contribution >= 0.6 is 15.9 Å². The first-order chi connectivity index (χ1) is 9.08. The Morgan fingerprint density at radius 3 is 2.89 bits per heavy atom. The molecule has 0 bridgehead atoms. The van der Waals surface area contributed by atoms with Gasteiger partial charge in [-0.15, -0.1) is 0 Å². The van der Waals surface area contributed by atoms with Gasteiger partial charge in [-0.3, -0.25) is 14.4 Å². The van der Waals surface area contributed by atoms with Crippen molar-refractivity contribution < 1.29 is 4.79 Å². The van der Waals surface area contributed by atoms with Gasteiger partial charge < -0.3 is 5.32 Å². The van der Waals surface area contributed by atoms with Gasteiger partial charge in [0, 0.05) is 20.6 Å². The van der Waals surface area contributed by atoms with Gasteiger partial charge in [0.1, 0.15) is 0 Å². The molecule has 1 saturated heterocycles. The van der Waals surface area contributed by atoms with Crippen molar-refractivity contribution in [3.05, 3.63) is 15.9 Å². The van der Waals surface area contributed by atoms with Crippen molar-refractivity contribution in [3.63, 3.8) is 0 Å². The number of hydrogen-bond donors (Lipinski definition) is 1. The van der Waals surface area contributed by atoms with Gasteiger partial charge in [-0.05, 0) is 41.7 Å². The van der Waals surface area contributed by atoms with E-state index in [4.69, 9.17) is 0 Å². The molecule has 2 rings (SSSR count). The molecule has 0 aliphatic carbocycles. The fourth-order valence-corrected chi connectivity index (χ4v) is 3.40. The van der Waals surface area contributed by atoms with Crippen LogP contribution in [0.25, 0.3) is 0 Å². The molecule has 19 heavy (non-hydrogen) atoms. The van der Waals surface area contributed by atoms with Gasteiger partial charge in [0.05, 0.1) is 21.9 Å². The van der Waals surface area contributed by atoms with Crippen LogP contribution in [0, 0.1) is 0 Å². The third-order valence-electron chi connectivity index (χ3n) is 3.77. The lowest BCUT2D eigenvalue weighted by Crippen LogP contribution is -2.41. The van der Waals surface area contributed by atoms with Gasteiger partial charge in [0.25, 0.3) is 0 Å². The fraction of sp³-hybridized carbons (Fsp3) is 0.692. The minimum atomic E-state index is -0.00289. The Morgan fingerprint density at radius 2 is 2.32 bits per heavy atom. The van der Waals surface area contributed by atoms with Crippen molar-refractivity contribution in [1.29, 1.82) is 0 Å². The first-order valence-electron chi connectivity index (χ1n) is 6.74. The van der Waals surface area contributed by atoms with Gasteiger partial charge in [0.15, 0.2) is 0 Å². The summed E-state index contributed by atoms with van der Waals surface area (Å²) >= 11 is 3.63. The van der Waals surface area contributed by atoms with E-state index in [2.05, 4.69) is 38.2 Å². The lowest BCUT2D eigenvalue weighted by Gasteiger charge is -2.23. The van der Waals surface area contributed by atoms with Crippen LogP contribution in [-0.2, 0) is 24.8 Å². The maximum absolute atomic E-state index is 11.9. The van der Waals surface area contributed by atoms with Gasteiger partial charge >= 0.3 is 0 Å². The van der Waals surface area contributed by atoms with E-state index in [1.165, 1.54) is 0 Å². The van der Waals surface area contributed by atoms with Crippen molar-refractivity contribution in [2.24, 2.45) is 7.05 Å². The largest absolute Gasteiger partial charge is 0.358 e. The van der Waals surface area contributed by atoms with E-state index in [1.807, 2.05) is 11.7 Å². The van der Waals surface area contributed by atoms with Crippen molar-refractivity contribution in [3.8, 4) is 0 Å². The van der Waals surface area contributed by atoms with Crippen molar-refractivity contribution in [2.45, 2.75) is 38.8 Å². The molecule has 0 aromatic carbocycles. The molecule has 1 amide bonds. The van der Waals surface area contributed by atoms with Gasteiger partial charge in [0.2, 0.25) is 5.91 Å². The second kappa shape index (κ2) is 6.05. The van der Waals surface area contributed by atoms with Crippen LogP contribution in [0.3, 0.4) is 0 Å². The Hall–Kier alpha value is -0.880. The molecule has 0 spiro atoms. The maximum atomic E-state index is 11.9. The second-order valence-electron chi connectivity index (χ2n) is 4.93. The summed E-state index contributed by atoms with van der Waals surface area (Å²) in [5.41, 5.74) is 2.22. The van der Waals surface area contributed by atoms with E-state index in [9.17, 15) is 4.79 Å². The number of aromatic nitrogens is 2. The summed E-state index contributed by atoms with van der Waals surface area (Å²) < 4.78 is 3.00. The predicted octanol–water partition coefficient (Wildman–Crippen LogP) is 1.46. The van der Waals surface area contributed by atoms with E-state index in [0.717, 1.165) is 48.2 Å². The van der Waals surface area contributed by atoms with Crippen LogP contribution < -0.4 is 5.32 Å². The quantitative estimate of drug-likeness (QED) is 0.910. The van der Waals surface area contributed by atoms with Crippen LogP contribution in [-0.4, -0.2) is 40.2 Å². The summed E-state index contributed by atoms with van der Waals surface area (Å²) in [7, 11) is 3.66. The number of amides is 1. The average molecular weight is 329 g/mol. The first kappa shape index (κ1) is 14.5. The number of carbonyl (C=O) groups is 1. The molecule has 2 heterocycles. The number of likely N-dealkylation sites (tertiary alicyclic amines) is 1. The van der Waals surface area contributed by atoms with E-state index < -0.39 is 0 Å². The van der Waals surface area contributed by atoms with Crippen LogP contribution in [0.1, 0.15) is 31.2 Å². The highest BCUT2D eigenvalue weighted by atomic mass is 79.9. The Kier molecular flexibility index (Phi) is 4.62. The fourth-order valence-electron chi connectivity index (χ4n) is 2.66. The molecule has 1 unspecified atom stereocenters. The van der Waals surface area contributed by atoms with Crippen LogP contribution in [0.15, 0.2) is 4.47 Å². The Balaban J connectivity index is 2.16. The Morgan fingerprint density at radius 1 is 1.58 bits per heavy atom. The zero-order valence-electron chi connectivity index (χ0n) is 11.7. The molecule has 1 fully saturated rings. The first-order valence-corrected chi connectivity index (χ1v) is 7.53. The molecule has 1 aliphatic heterocycles. The van der Waals surface area contributed by atoms with Crippen LogP contribution in [0.4, 0.5) is 0 Å². The molecule has 106 valence electrons. The Bertz CT molecular complexity index is 471. The number of nitrogens with zero attached hydrogens (tertiary/aromatic N) is 3. The minimum Gasteiger partial charge on any atom is -0.358 e. The third kappa shape index (κ3) is 2.84. The predicted molar refractivity (Wildman–Crippen MR) is 77.8 cm³/mol. The van der Waals surface area contributed by atoms with Crippen molar-refractivity contribution >= 4 is 21.8 Å². The molecule has 1 aromatic heterocycles. The van der Waals surface area contributed by atoms with Gasteiger partial charge in [-0.2, -0.15) is 5.10 Å². The Labute approximate surface area is 122 Å². The summed E-state index contributed by atoms with van der Waals surface area (Å²) in [5, 5.41) is 7.26. The lowest BCUT2D eigenvalue weighted by molar-refractivity contribution is -0.125. The van der Waals surface area contributed by atoms with Crippen LogP contribution in [0.2, 0.25) is 0 Å². The molecular formula is C13H21BrN4O. The smallest absolute Gasteiger partial charge is 0.237 e. The molecule has 1 aliphatic rings. The maximum Gasteiger partial charge on any atom is 0.237 e. The van der Waals surface area contributed by atoms with Gasteiger partial charge in [-0.1, -0.05) is 6.92 Å². The van der Waals surface area contributed by atoms with Crippen LogP contribution in [0.5, 0.6) is 0 Å². The topological polar surface area (TPSA) is 50.2 Å². The monoisotopic (exact) mass is 328 g/mol. The summed E-state index contributed by atoms with van der Waals surface area (Å²) in [6, 6.07) is -0.00289. The van der Waals surface area contributed by atoms with E-state index >= 15 is 0 Å². The normalized spacial score (nSPS) is 19.9. The molecule has 1 aromatic rings. The molecule has 1 atom stereocenters. The molecule has 0 saturated carbocycles. The highest BCUT2D eigenvalue weighted by Crippen LogP contribution is 2.26. The number of carbonyl (C=O) groups excluding carboxylic acids is 1. The number of rotatable bonds is 4. The van der Waals surface area contributed by atoms with Gasteiger partial charge in [-0.25, -0.2) is 0 Å². The summed E-state index contributed by atoms with van der Waals surface area (Å²) in [6.07, 6.45) is 2.93. The second-order valence-corrected chi connectivity index (χ2v) is 5.72. The van der Waals surface area contributed by atoms with E-state index in [-0.39, 0.29) is 11.9 Å². The lowest BCUT2D eigenvalue weighted by atomic mass is 10.2. The average Bonchev–Trinajstić information content (AvgIpc) is 2.97. The number of hydrogen-bond acceptors (Lipinski definition) is 3. The summed E-state index contributed by atoms with van der Waals surface area (Å²) in [6.45, 7) is 3.83. The number of aryl methyl sites for hydroxylation is 2. The molecule has 5 nitrogen and oxygen atoms in total. The zero-order chi connectivity index (χ0) is 14.0. The number of likely N-dealkylation sites (N-methyl/N-ethyl adjacent to an activating group) is 1. The minimum absolute atomic E-state index is 0.00289. The van der Waals surface area contributed by atoms with Crippen molar-refractivity contribution in [2.75, 3.05) is 13.6 Å². The third-order valence-corrected chi connectivity index (χ3v) is 4.68.